The molecular weight excluding hydrogens is 668 g/mol. The number of methoxy groups -OCH3 is 1. The molecule has 1 heterocycles. The number of hydrogen-bond acceptors (Lipinski definition) is 10. The molecule has 2 unspecified atom stereocenters. The van der Waals surface area contributed by atoms with E-state index in [1.807, 2.05) is 48.5 Å². The highest BCUT2D eigenvalue weighted by atomic mass is 16.6. The number of nitrogens with zero attached hydrogens (tertiary/aromatic N) is 1. The minimum atomic E-state index is -1.86. The van der Waals surface area contributed by atoms with E-state index in [0.29, 0.717) is 11.3 Å². The molecule has 278 valence electrons. The Morgan fingerprint density at radius 2 is 1.44 bits per heavy atom. The Balaban J connectivity index is 1.56. The van der Waals surface area contributed by atoms with Gasteiger partial charge in [-0.3, -0.25) is 19.7 Å². The van der Waals surface area contributed by atoms with Crippen LogP contribution >= 0.6 is 0 Å². The summed E-state index contributed by atoms with van der Waals surface area (Å²) >= 11 is 0. The highest BCUT2D eigenvalue weighted by Crippen LogP contribution is 2.25. The van der Waals surface area contributed by atoms with E-state index in [4.69, 9.17) is 18.9 Å². The molecule has 1 saturated heterocycles. The summed E-state index contributed by atoms with van der Waals surface area (Å²) in [6.45, 7) is 5.26. The Bertz CT molecular complexity index is 1650. The number of carbonyl (C=O) groups excluding carboxylic acids is 5. The van der Waals surface area contributed by atoms with E-state index in [-0.39, 0.29) is 58.7 Å². The maximum absolute atomic E-state index is 14.8. The Labute approximate surface area is 304 Å². The zero-order valence-electron chi connectivity index (χ0n) is 30.1. The second-order valence-corrected chi connectivity index (χ2v) is 13.4. The van der Waals surface area contributed by atoms with Crippen molar-refractivity contribution in [2.24, 2.45) is 0 Å². The Morgan fingerprint density at radius 3 is 2.02 bits per heavy atom. The van der Waals surface area contributed by atoms with Gasteiger partial charge in [-0.15, -0.1) is 0 Å². The summed E-state index contributed by atoms with van der Waals surface area (Å²) in [4.78, 5) is 69.0. The Kier molecular flexibility index (Phi) is 14.2. The average molecular weight is 717 g/mol. The van der Waals surface area contributed by atoms with Crippen LogP contribution in [0.25, 0.3) is 0 Å². The number of ketones is 1. The number of amides is 3. The maximum Gasteiger partial charge on any atom is 0.408 e. The molecule has 3 N–H and O–H groups in total. The molecule has 1 aliphatic rings. The van der Waals surface area contributed by atoms with Crippen LogP contribution in [0.15, 0.2) is 84.9 Å². The van der Waals surface area contributed by atoms with Gasteiger partial charge in [0.1, 0.15) is 31.1 Å². The zero-order valence-corrected chi connectivity index (χ0v) is 30.1. The van der Waals surface area contributed by atoms with E-state index in [1.54, 1.807) is 57.2 Å². The number of carbonyl (C=O) groups is 5. The molecule has 1 aliphatic heterocycles. The van der Waals surface area contributed by atoms with Crippen LogP contribution in [-0.4, -0.2) is 85.2 Å². The molecule has 2 atom stereocenters. The first-order valence-corrected chi connectivity index (χ1v) is 17.2. The van der Waals surface area contributed by atoms with Gasteiger partial charge in [-0.05, 0) is 68.9 Å². The highest BCUT2D eigenvalue weighted by molar-refractivity contribution is 6.14. The molecule has 0 spiro atoms. The van der Waals surface area contributed by atoms with Crippen molar-refractivity contribution in [3.05, 3.63) is 102 Å². The molecule has 0 aliphatic carbocycles. The number of alkyl carbamates (subject to hydrolysis) is 2. The number of piperazine rings is 1. The molecule has 13 heteroatoms. The third kappa shape index (κ3) is 11.8. The monoisotopic (exact) mass is 716 g/mol. The first-order chi connectivity index (χ1) is 24.9. The van der Waals surface area contributed by atoms with Crippen LogP contribution in [0, 0.1) is 0 Å². The molecule has 3 aromatic carbocycles. The topological polar surface area (TPSA) is 162 Å². The minimum Gasteiger partial charge on any atom is -0.497 e. The largest absolute Gasteiger partial charge is 0.497 e. The molecule has 0 radical (unpaired) electrons. The summed E-state index contributed by atoms with van der Waals surface area (Å²) in [6.07, 6.45) is -1.36. The lowest BCUT2D eigenvalue weighted by atomic mass is 9.80. The normalized spacial score (nSPS) is 16.3. The Morgan fingerprint density at radius 1 is 0.846 bits per heavy atom. The van der Waals surface area contributed by atoms with Crippen molar-refractivity contribution < 1.29 is 42.9 Å². The lowest BCUT2D eigenvalue weighted by Gasteiger charge is -2.43. The first kappa shape index (κ1) is 39.4. The fraction of sp³-hybridized carbons (Fsp3) is 0.410. The van der Waals surface area contributed by atoms with E-state index < -0.39 is 47.0 Å². The number of nitrogens with one attached hydrogen (secondary N) is 3. The summed E-state index contributed by atoms with van der Waals surface area (Å²) < 4.78 is 21.5. The summed E-state index contributed by atoms with van der Waals surface area (Å²) in [5.74, 6) is -1.27. The third-order valence-corrected chi connectivity index (χ3v) is 8.25. The third-order valence-electron chi connectivity index (χ3n) is 8.25. The van der Waals surface area contributed by atoms with Gasteiger partial charge in [0.25, 0.3) is 5.91 Å². The van der Waals surface area contributed by atoms with Crippen molar-refractivity contribution >= 4 is 29.8 Å². The molecule has 13 nitrogen and oxygen atoms in total. The number of hydrogen-bond donors (Lipinski definition) is 3. The van der Waals surface area contributed by atoms with Crippen LogP contribution in [0.2, 0.25) is 0 Å². The van der Waals surface area contributed by atoms with Crippen LogP contribution in [0.5, 0.6) is 5.75 Å². The van der Waals surface area contributed by atoms with Gasteiger partial charge in [-0.1, -0.05) is 72.8 Å². The van der Waals surface area contributed by atoms with Crippen molar-refractivity contribution in [3.8, 4) is 5.75 Å². The van der Waals surface area contributed by atoms with Crippen molar-refractivity contribution in [1.82, 2.24) is 20.9 Å². The van der Waals surface area contributed by atoms with Gasteiger partial charge >= 0.3 is 18.2 Å². The van der Waals surface area contributed by atoms with E-state index in [2.05, 4.69) is 16.0 Å². The molecule has 3 aromatic rings. The van der Waals surface area contributed by atoms with Gasteiger partial charge in [0.2, 0.25) is 0 Å². The highest BCUT2D eigenvalue weighted by Gasteiger charge is 2.52. The van der Waals surface area contributed by atoms with Crippen LogP contribution in [0.1, 0.15) is 50.3 Å². The molecule has 3 amide bonds. The van der Waals surface area contributed by atoms with E-state index >= 15 is 0 Å². The summed E-state index contributed by atoms with van der Waals surface area (Å²) in [5, 5.41) is 8.51. The van der Waals surface area contributed by atoms with Gasteiger partial charge in [0.05, 0.1) is 13.2 Å². The molecule has 0 bridgehead atoms. The van der Waals surface area contributed by atoms with Gasteiger partial charge in [-0.2, -0.15) is 0 Å². The van der Waals surface area contributed by atoms with E-state index in [9.17, 15) is 24.0 Å². The molecule has 52 heavy (non-hydrogen) atoms. The fourth-order valence-corrected chi connectivity index (χ4v) is 5.77. The number of benzene rings is 3. The lowest BCUT2D eigenvalue weighted by molar-refractivity contribution is -0.163. The Hall–Kier alpha value is -5.43. The predicted molar refractivity (Wildman–Crippen MR) is 192 cm³/mol. The van der Waals surface area contributed by atoms with Gasteiger partial charge in [0.15, 0.2) is 11.3 Å². The lowest BCUT2D eigenvalue weighted by Crippen LogP contribution is -2.72. The second kappa shape index (κ2) is 18.7. The van der Waals surface area contributed by atoms with Crippen LogP contribution in [0.4, 0.5) is 9.59 Å². The minimum absolute atomic E-state index is 0.0239. The van der Waals surface area contributed by atoms with Gasteiger partial charge < -0.3 is 34.5 Å². The second-order valence-electron chi connectivity index (χ2n) is 13.4. The summed E-state index contributed by atoms with van der Waals surface area (Å²) in [6, 6.07) is 24.1. The standard InChI is InChI=1S/C39H48N4O9/c1-38(2,3)52-33(44)25-43-23-22-41-39(35(43)46,20-11-21-40-36(47)50-26-29-12-7-5-8-13-29)34(45)32(24-28-16-18-31(49-4)19-17-28)42-37(48)51-27-30-14-9-6-10-15-30/h5-10,12-19,32,41H,11,20-27H2,1-4H3,(H,40,47)(H,42,48). The van der Waals surface area contributed by atoms with Crippen LogP contribution in [0.3, 0.4) is 0 Å². The van der Waals surface area contributed by atoms with Crippen molar-refractivity contribution in [2.45, 2.75) is 70.4 Å². The fourth-order valence-electron chi connectivity index (χ4n) is 5.77. The quantitative estimate of drug-likeness (QED) is 0.0843. The number of ether oxygens (including phenoxy) is 4. The first-order valence-electron chi connectivity index (χ1n) is 17.2. The van der Waals surface area contributed by atoms with Gasteiger partial charge in [0, 0.05) is 19.6 Å². The molecule has 1 fully saturated rings. The van der Waals surface area contributed by atoms with Gasteiger partial charge in [-0.25, -0.2) is 9.59 Å². The SMILES string of the molecule is COc1ccc(CC(NC(=O)OCc2ccccc2)C(=O)C2(CCCNC(=O)OCc3ccccc3)NCCN(CC(=O)OC(C)(C)C)C2=O)cc1. The van der Waals surface area contributed by atoms with E-state index in [1.165, 1.54) is 12.0 Å². The van der Waals surface area contributed by atoms with Crippen molar-refractivity contribution in [1.29, 1.82) is 0 Å². The molecule has 0 aromatic heterocycles. The zero-order chi connectivity index (χ0) is 37.6. The predicted octanol–water partition coefficient (Wildman–Crippen LogP) is 4.32. The van der Waals surface area contributed by atoms with Crippen molar-refractivity contribution in [2.75, 3.05) is 33.3 Å². The number of Topliss-reactive ketones (excluding diaryl/α,β-unsaturated/α-hetero) is 1. The number of rotatable bonds is 16. The molecule has 0 saturated carbocycles. The van der Waals surface area contributed by atoms with Crippen LogP contribution in [-0.2, 0) is 48.2 Å². The number of esters is 1. The molecule has 4 rings (SSSR count). The van der Waals surface area contributed by atoms with Crippen molar-refractivity contribution in [3.63, 3.8) is 0 Å². The maximum atomic E-state index is 14.8. The van der Waals surface area contributed by atoms with E-state index in [0.717, 1.165) is 11.1 Å². The summed E-state index contributed by atoms with van der Waals surface area (Å²) in [7, 11) is 1.54. The average Bonchev–Trinajstić information content (AvgIpc) is 3.13. The summed E-state index contributed by atoms with van der Waals surface area (Å²) in [5.41, 5.74) is -0.380. The molecular formula is C39H48N4O9. The smallest absolute Gasteiger partial charge is 0.408 e. The van der Waals surface area contributed by atoms with Crippen LogP contribution < -0.4 is 20.7 Å².